The Kier molecular flexibility index (Phi) is 5.32. The van der Waals surface area contributed by atoms with Gasteiger partial charge in [-0.1, -0.05) is 32.9 Å². The minimum atomic E-state index is -1.13. The lowest BCUT2D eigenvalue weighted by molar-refractivity contribution is -0.142. The summed E-state index contributed by atoms with van der Waals surface area (Å²) in [6, 6.07) is 4.31. The third-order valence-corrected chi connectivity index (χ3v) is 3.21. The maximum atomic E-state index is 12.0. The lowest BCUT2D eigenvalue weighted by Crippen LogP contribution is -2.53. The van der Waals surface area contributed by atoms with Gasteiger partial charge in [0.15, 0.2) is 0 Å². The van der Waals surface area contributed by atoms with Gasteiger partial charge in [-0.05, 0) is 23.1 Å². The molecule has 5 N–H and O–H groups in total. The summed E-state index contributed by atoms with van der Waals surface area (Å²) >= 11 is 0. The van der Waals surface area contributed by atoms with Gasteiger partial charge >= 0.3 is 5.97 Å². The molecule has 1 amide bonds. The van der Waals surface area contributed by atoms with Crippen LogP contribution in [0.3, 0.4) is 0 Å². The van der Waals surface area contributed by atoms with Crippen LogP contribution in [0.2, 0.25) is 0 Å². The number of phenolic OH excluding ortho intramolecular Hbond substituents is 1. The Labute approximate surface area is 124 Å². The Morgan fingerprint density at radius 3 is 2.19 bits per heavy atom. The van der Waals surface area contributed by atoms with Gasteiger partial charge in [-0.15, -0.1) is 0 Å². The molecular weight excluding hydrogens is 272 g/mol. The van der Waals surface area contributed by atoms with Crippen LogP contribution in [0, 0.1) is 5.41 Å². The Bertz CT molecular complexity index is 505. The number of phenols is 1. The molecule has 0 heterocycles. The molecule has 0 fully saturated rings. The second-order valence-electron chi connectivity index (χ2n) is 6.11. The summed E-state index contributed by atoms with van der Waals surface area (Å²) in [5.74, 6) is -1.52. The number of carbonyl (C=O) groups is 2. The monoisotopic (exact) mass is 294 g/mol. The van der Waals surface area contributed by atoms with Gasteiger partial charge in [-0.2, -0.15) is 0 Å². The van der Waals surface area contributed by atoms with Crippen molar-refractivity contribution in [3.63, 3.8) is 0 Å². The number of carboxylic acid groups (broad SMARTS) is 1. The van der Waals surface area contributed by atoms with E-state index in [1.807, 2.05) is 20.8 Å². The van der Waals surface area contributed by atoms with Crippen LogP contribution in [0.4, 0.5) is 0 Å². The molecule has 1 aromatic carbocycles. The molecule has 2 atom stereocenters. The highest BCUT2D eigenvalue weighted by atomic mass is 16.4. The van der Waals surface area contributed by atoms with Crippen LogP contribution in [0.25, 0.3) is 0 Å². The number of carboxylic acids is 1. The van der Waals surface area contributed by atoms with Crippen LogP contribution >= 0.6 is 0 Å². The number of hydrogen-bond donors (Lipinski definition) is 4. The molecule has 0 spiro atoms. The molecule has 0 aliphatic heterocycles. The predicted octanol–water partition coefficient (Wildman–Crippen LogP) is 0.877. The van der Waals surface area contributed by atoms with Gasteiger partial charge in [0.1, 0.15) is 11.8 Å². The number of nitrogens with two attached hydrogens (primary N) is 1. The highest BCUT2D eigenvalue weighted by Crippen LogP contribution is 2.18. The summed E-state index contributed by atoms with van der Waals surface area (Å²) in [6.07, 6.45) is 0.123. The van der Waals surface area contributed by atoms with Gasteiger partial charge in [-0.3, -0.25) is 4.79 Å². The van der Waals surface area contributed by atoms with E-state index in [1.165, 1.54) is 12.1 Å². The first-order valence-corrected chi connectivity index (χ1v) is 6.68. The molecule has 0 aliphatic carbocycles. The van der Waals surface area contributed by atoms with Crippen LogP contribution in [0.5, 0.6) is 5.75 Å². The summed E-state index contributed by atoms with van der Waals surface area (Å²) in [6.45, 7) is 5.44. The molecule has 0 aromatic heterocycles. The molecule has 0 saturated carbocycles. The van der Waals surface area contributed by atoms with E-state index in [2.05, 4.69) is 5.32 Å². The molecule has 0 radical (unpaired) electrons. The van der Waals surface area contributed by atoms with Gasteiger partial charge < -0.3 is 21.3 Å². The minimum Gasteiger partial charge on any atom is -0.508 e. The quantitative estimate of drug-likeness (QED) is 0.644. The predicted molar refractivity (Wildman–Crippen MR) is 78.8 cm³/mol. The number of aliphatic carboxylic acids is 1. The third-order valence-electron chi connectivity index (χ3n) is 3.21. The Hall–Kier alpha value is -2.08. The van der Waals surface area contributed by atoms with Crippen molar-refractivity contribution < 1.29 is 19.8 Å². The Balaban J connectivity index is 2.77. The maximum Gasteiger partial charge on any atom is 0.326 e. The van der Waals surface area contributed by atoms with Gasteiger partial charge in [0.2, 0.25) is 5.91 Å². The molecule has 6 nitrogen and oxygen atoms in total. The van der Waals surface area contributed by atoms with E-state index >= 15 is 0 Å². The first kappa shape index (κ1) is 17.0. The molecule has 0 aliphatic rings. The first-order chi connectivity index (χ1) is 9.61. The fourth-order valence-corrected chi connectivity index (χ4v) is 1.72. The number of amides is 1. The van der Waals surface area contributed by atoms with Crippen molar-refractivity contribution >= 4 is 11.9 Å². The van der Waals surface area contributed by atoms with Crippen LogP contribution in [-0.4, -0.2) is 34.2 Å². The average Bonchev–Trinajstić information content (AvgIpc) is 2.38. The van der Waals surface area contributed by atoms with Crippen LogP contribution < -0.4 is 11.1 Å². The molecule has 0 unspecified atom stereocenters. The van der Waals surface area contributed by atoms with Crippen molar-refractivity contribution in [2.75, 3.05) is 0 Å². The van der Waals surface area contributed by atoms with Crippen molar-refractivity contribution in [3.05, 3.63) is 29.8 Å². The van der Waals surface area contributed by atoms with Gasteiger partial charge in [0.25, 0.3) is 0 Å². The summed E-state index contributed by atoms with van der Waals surface area (Å²) in [5.41, 5.74) is 6.06. The summed E-state index contributed by atoms with van der Waals surface area (Å²) in [7, 11) is 0. The minimum absolute atomic E-state index is 0.101. The molecule has 0 saturated heterocycles. The van der Waals surface area contributed by atoms with E-state index < -0.39 is 29.4 Å². The largest absolute Gasteiger partial charge is 0.508 e. The molecule has 0 bridgehead atoms. The maximum absolute atomic E-state index is 12.0. The van der Waals surface area contributed by atoms with Gasteiger partial charge in [0, 0.05) is 6.42 Å². The standard InChI is InChI=1S/C15H22N2O4/c1-15(2,3)12(16)13(19)17-11(14(20)21)8-9-4-6-10(18)7-5-9/h4-7,11-12,18H,8,16H2,1-3H3,(H,17,19)(H,20,21)/t11-,12-/m1/s1. The van der Waals surface area contributed by atoms with E-state index in [0.717, 1.165) is 0 Å². The number of aromatic hydroxyl groups is 1. The van der Waals surface area contributed by atoms with Crippen molar-refractivity contribution in [2.24, 2.45) is 11.1 Å². The fourth-order valence-electron chi connectivity index (χ4n) is 1.72. The van der Waals surface area contributed by atoms with E-state index in [9.17, 15) is 19.8 Å². The second-order valence-corrected chi connectivity index (χ2v) is 6.11. The lowest BCUT2D eigenvalue weighted by atomic mass is 9.86. The lowest BCUT2D eigenvalue weighted by Gasteiger charge is -2.27. The van der Waals surface area contributed by atoms with Crippen molar-refractivity contribution in [2.45, 2.75) is 39.3 Å². The van der Waals surface area contributed by atoms with Crippen molar-refractivity contribution in [1.29, 1.82) is 0 Å². The first-order valence-electron chi connectivity index (χ1n) is 6.68. The zero-order chi connectivity index (χ0) is 16.2. The smallest absolute Gasteiger partial charge is 0.326 e. The number of hydrogen-bond acceptors (Lipinski definition) is 4. The van der Waals surface area contributed by atoms with Crippen LogP contribution in [0.15, 0.2) is 24.3 Å². The molecule has 116 valence electrons. The van der Waals surface area contributed by atoms with E-state index in [-0.39, 0.29) is 12.2 Å². The number of rotatable bonds is 5. The number of nitrogens with one attached hydrogen (secondary N) is 1. The highest BCUT2D eigenvalue weighted by Gasteiger charge is 2.30. The highest BCUT2D eigenvalue weighted by molar-refractivity contribution is 5.87. The fraction of sp³-hybridized carbons (Fsp3) is 0.467. The van der Waals surface area contributed by atoms with E-state index in [4.69, 9.17) is 5.73 Å². The van der Waals surface area contributed by atoms with Crippen molar-refractivity contribution in [1.82, 2.24) is 5.32 Å². The zero-order valence-corrected chi connectivity index (χ0v) is 12.5. The summed E-state index contributed by atoms with van der Waals surface area (Å²) in [5, 5.41) is 20.9. The van der Waals surface area contributed by atoms with Gasteiger partial charge in [-0.25, -0.2) is 4.79 Å². The normalized spacial score (nSPS) is 14.3. The molecule has 21 heavy (non-hydrogen) atoms. The van der Waals surface area contributed by atoms with Crippen LogP contribution in [0.1, 0.15) is 26.3 Å². The topological polar surface area (TPSA) is 113 Å². The molecule has 6 heteroatoms. The SMILES string of the molecule is CC(C)(C)[C@H](N)C(=O)N[C@H](Cc1ccc(O)cc1)C(=O)O. The summed E-state index contributed by atoms with van der Waals surface area (Å²) < 4.78 is 0. The number of carbonyl (C=O) groups excluding carboxylic acids is 1. The van der Waals surface area contributed by atoms with E-state index in [1.54, 1.807) is 12.1 Å². The summed E-state index contributed by atoms with van der Waals surface area (Å²) in [4.78, 5) is 23.3. The van der Waals surface area contributed by atoms with Gasteiger partial charge in [0.05, 0.1) is 6.04 Å². The Morgan fingerprint density at radius 1 is 1.24 bits per heavy atom. The van der Waals surface area contributed by atoms with Crippen molar-refractivity contribution in [3.8, 4) is 5.75 Å². The molecule has 1 aromatic rings. The molecule has 1 rings (SSSR count). The Morgan fingerprint density at radius 2 is 1.76 bits per heavy atom. The third kappa shape index (κ3) is 5.07. The molecular formula is C15H22N2O4. The second kappa shape index (κ2) is 6.58. The van der Waals surface area contributed by atoms with E-state index in [0.29, 0.717) is 5.56 Å². The zero-order valence-electron chi connectivity index (χ0n) is 12.5. The average molecular weight is 294 g/mol. The number of benzene rings is 1. The van der Waals surface area contributed by atoms with Crippen LogP contribution in [-0.2, 0) is 16.0 Å².